The van der Waals surface area contributed by atoms with Gasteiger partial charge in [-0.1, -0.05) is 97.0 Å². The van der Waals surface area contributed by atoms with E-state index in [4.69, 9.17) is 14.2 Å². The van der Waals surface area contributed by atoms with E-state index in [0.29, 0.717) is 43.7 Å². The average molecular weight is 891 g/mol. The third kappa shape index (κ3) is 10.8. The van der Waals surface area contributed by atoms with Gasteiger partial charge in [-0.15, -0.1) is 0 Å². The molecule has 5 atom stereocenters. The van der Waals surface area contributed by atoms with E-state index < -0.39 is 36.7 Å². The highest BCUT2D eigenvalue weighted by molar-refractivity contribution is 6.01. The molecule has 4 N–H and O–H groups in total. The first kappa shape index (κ1) is 47.4. The molecule has 3 fully saturated rings. The van der Waals surface area contributed by atoms with Gasteiger partial charge in [0.1, 0.15) is 18.1 Å². The summed E-state index contributed by atoms with van der Waals surface area (Å²) in [4.78, 5) is 70.0. The minimum absolute atomic E-state index is 0.0000358. The lowest BCUT2D eigenvalue weighted by Gasteiger charge is -2.35. The molecular formula is C51H66N6O8. The molecule has 7 rings (SSSR count). The number of nitrogens with one attached hydrogen (secondary N) is 4. The standard InChI is InChI=1S/C51H66N6O8/c1-30(2)43(54-49(62)63-8)47(60)56-27-9-11-40(56)45(58)52-36-21-15-32(16-22-36)38-25-26-39(42(38)34-13-19-35(20-14-34)51(5,6)7)33-17-23-37(24-18-33)53-46(59)41-12-10-28-57(41)48(61)44(31(3)4)55-50-64-29-65-50/h13-24,30-31,39-41,43-44,50,55H,9-12,25-29H2,1-8H3,(H,52,58)(H,53,59)(H,54,62)/t39?,40?,41?,43-,44?/m0/s1. The molecule has 4 aliphatic rings. The summed E-state index contributed by atoms with van der Waals surface area (Å²) in [5.74, 6) is -1.02. The molecule has 14 heteroatoms. The second-order valence-electron chi connectivity index (χ2n) is 19.4. The molecule has 1 aliphatic carbocycles. The lowest BCUT2D eigenvalue weighted by Crippen LogP contribution is -2.58. The van der Waals surface area contributed by atoms with Gasteiger partial charge < -0.3 is 40.0 Å². The second-order valence-corrected chi connectivity index (χ2v) is 19.4. The number of carbonyl (C=O) groups is 5. The lowest BCUT2D eigenvalue weighted by molar-refractivity contribution is -0.335. The summed E-state index contributed by atoms with van der Waals surface area (Å²) < 4.78 is 15.4. The largest absolute Gasteiger partial charge is 0.453 e. The summed E-state index contributed by atoms with van der Waals surface area (Å²) in [6.07, 6.45) is 2.99. The van der Waals surface area contributed by atoms with Gasteiger partial charge in [-0.25, -0.2) is 4.79 Å². The van der Waals surface area contributed by atoms with Crippen molar-refractivity contribution in [2.24, 2.45) is 11.8 Å². The molecule has 14 nitrogen and oxygen atoms in total. The van der Waals surface area contributed by atoms with Crippen molar-refractivity contribution >= 4 is 52.2 Å². The fourth-order valence-electron chi connectivity index (χ4n) is 9.53. The SMILES string of the molecule is COC(=O)N[C@H](C(=O)N1CCCC1C(=O)Nc1ccc(C2=C(c3ccc(C(C)(C)C)cc3)C(c3ccc(NC(=O)C4CCCN4C(=O)C(NC4OCO4)C(C)C)cc3)CC2)cc1)C(C)C. The number of hydrogen-bond acceptors (Lipinski definition) is 9. The van der Waals surface area contributed by atoms with Crippen LogP contribution in [-0.4, -0.2) is 97.1 Å². The maximum atomic E-state index is 13.7. The Morgan fingerprint density at radius 1 is 0.677 bits per heavy atom. The molecule has 65 heavy (non-hydrogen) atoms. The van der Waals surface area contributed by atoms with Gasteiger partial charge in [-0.3, -0.25) is 24.5 Å². The van der Waals surface area contributed by atoms with Crippen molar-refractivity contribution in [2.75, 3.05) is 37.6 Å². The van der Waals surface area contributed by atoms with Crippen LogP contribution in [0.2, 0.25) is 0 Å². The molecule has 0 aromatic heterocycles. The smallest absolute Gasteiger partial charge is 0.407 e. The Bertz CT molecular complexity index is 2230. The van der Waals surface area contributed by atoms with Gasteiger partial charge >= 0.3 is 6.09 Å². The zero-order valence-electron chi connectivity index (χ0n) is 39.1. The number of benzene rings is 3. The van der Waals surface area contributed by atoms with Gasteiger partial charge in [0.05, 0.1) is 13.2 Å². The Kier molecular flexibility index (Phi) is 14.8. The van der Waals surface area contributed by atoms with Crippen LogP contribution < -0.4 is 21.3 Å². The van der Waals surface area contributed by atoms with E-state index in [1.54, 1.807) is 9.80 Å². The summed E-state index contributed by atoms with van der Waals surface area (Å²) in [7, 11) is 1.26. The summed E-state index contributed by atoms with van der Waals surface area (Å²) in [5, 5.41) is 11.9. The van der Waals surface area contributed by atoms with Crippen LogP contribution in [0.3, 0.4) is 0 Å². The van der Waals surface area contributed by atoms with Crippen molar-refractivity contribution in [1.82, 2.24) is 20.4 Å². The first-order chi connectivity index (χ1) is 31.0. The number of methoxy groups -OCH3 is 1. The Hall–Kier alpha value is -5.57. The zero-order valence-corrected chi connectivity index (χ0v) is 39.1. The van der Waals surface area contributed by atoms with E-state index in [-0.39, 0.29) is 53.6 Å². The Balaban J connectivity index is 1.07. The number of amides is 5. The number of ether oxygens (including phenoxy) is 3. The molecule has 5 amide bonds. The van der Waals surface area contributed by atoms with Crippen molar-refractivity contribution in [2.45, 2.75) is 129 Å². The fourth-order valence-corrected chi connectivity index (χ4v) is 9.53. The predicted octanol–water partition coefficient (Wildman–Crippen LogP) is 7.61. The molecule has 3 aliphatic heterocycles. The molecule has 4 unspecified atom stereocenters. The maximum absolute atomic E-state index is 13.7. The Morgan fingerprint density at radius 3 is 1.66 bits per heavy atom. The minimum atomic E-state index is -0.808. The fraction of sp³-hybridized carbons (Fsp3) is 0.510. The van der Waals surface area contributed by atoms with Crippen molar-refractivity contribution in [1.29, 1.82) is 0 Å². The van der Waals surface area contributed by atoms with E-state index in [2.05, 4.69) is 78.4 Å². The van der Waals surface area contributed by atoms with Gasteiger partial charge in [0.2, 0.25) is 30.0 Å². The maximum Gasteiger partial charge on any atom is 0.407 e. The second kappa shape index (κ2) is 20.3. The van der Waals surface area contributed by atoms with Crippen LogP contribution in [0.4, 0.5) is 16.2 Å². The lowest BCUT2D eigenvalue weighted by atomic mass is 9.83. The number of rotatable bonds is 14. The van der Waals surface area contributed by atoms with Crippen LogP contribution in [-0.2, 0) is 38.8 Å². The average Bonchev–Trinajstić information content (AvgIpc) is 4.06. The zero-order chi connectivity index (χ0) is 46.6. The normalized spacial score (nSPS) is 21.0. The van der Waals surface area contributed by atoms with Crippen LogP contribution in [0.25, 0.3) is 11.1 Å². The molecule has 0 radical (unpaired) electrons. The minimum Gasteiger partial charge on any atom is -0.453 e. The van der Waals surface area contributed by atoms with E-state index in [0.717, 1.165) is 36.0 Å². The summed E-state index contributed by atoms with van der Waals surface area (Å²) in [5.41, 5.74) is 8.38. The van der Waals surface area contributed by atoms with Crippen LogP contribution in [0, 0.1) is 11.8 Å². The van der Waals surface area contributed by atoms with E-state index >= 15 is 0 Å². The number of alkyl carbamates (subject to hydrolysis) is 1. The van der Waals surface area contributed by atoms with Crippen LogP contribution >= 0.6 is 0 Å². The van der Waals surface area contributed by atoms with Gasteiger partial charge in [0.15, 0.2) is 6.79 Å². The van der Waals surface area contributed by atoms with Crippen LogP contribution in [0.1, 0.15) is 115 Å². The molecule has 0 spiro atoms. The molecule has 3 heterocycles. The molecule has 3 saturated heterocycles. The topological polar surface area (TPSA) is 168 Å². The monoisotopic (exact) mass is 890 g/mol. The highest BCUT2D eigenvalue weighted by atomic mass is 16.9. The van der Waals surface area contributed by atoms with Gasteiger partial charge in [0.25, 0.3) is 0 Å². The first-order valence-electron chi connectivity index (χ1n) is 23.1. The third-order valence-corrected chi connectivity index (χ3v) is 13.3. The number of likely N-dealkylation sites (tertiary alicyclic amines) is 2. The van der Waals surface area contributed by atoms with Crippen molar-refractivity contribution < 1.29 is 38.2 Å². The highest BCUT2D eigenvalue weighted by Gasteiger charge is 2.41. The van der Waals surface area contributed by atoms with Crippen molar-refractivity contribution in [3.8, 4) is 0 Å². The Labute approximate surface area is 383 Å². The summed E-state index contributed by atoms with van der Waals surface area (Å²) in [6.45, 7) is 15.4. The molecule has 3 aromatic rings. The van der Waals surface area contributed by atoms with E-state index in [1.165, 1.54) is 23.8 Å². The number of allylic oxidation sites excluding steroid dienone is 2. The summed E-state index contributed by atoms with van der Waals surface area (Å²) in [6, 6.07) is 22.3. The first-order valence-corrected chi connectivity index (χ1v) is 23.1. The number of hydrogen-bond donors (Lipinski definition) is 4. The molecule has 348 valence electrons. The third-order valence-electron chi connectivity index (χ3n) is 13.3. The molecular weight excluding hydrogens is 825 g/mol. The highest BCUT2D eigenvalue weighted by Crippen LogP contribution is 2.49. The quantitative estimate of drug-likeness (QED) is 0.127. The van der Waals surface area contributed by atoms with Crippen LogP contribution in [0.15, 0.2) is 72.8 Å². The number of anilines is 2. The number of nitrogens with zero attached hydrogens (tertiary/aromatic N) is 2. The summed E-state index contributed by atoms with van der Waals surface area (Å²) >= 11 is 0. The molecule has 0 bridgehead atoms. The van der Waals surface area contributed by atoms with Gasteiger partial charge in [-0.2, -0.15) is 0 Å². The Morgan fingerprint density at radius 2 is 1.18 bits per heavy atom. The van der Waals surface area contributed by atoms with Gasteiger partial charge in [-0.05, 0) is 113 Å². The van der Waals surface area contributed by atoms with E-state index in [9.17, 15) is 24.0 Å². The number of carbonyl (C=O) groups excluding carboxylic acids is 5. The van der Waals surface area contributed by atoms with Crippen molar-refractivity contribution in [3.05, 3.63) is 95.1 Å². The van der Waals surface area contributed by atoms with Crippen molar-refractivity contribution in [3.63, 3.8) is 0 Å². The molecule has 0 saturated carbocycles. The predicted molar refractivity (Wildman–Crippen MR) is 250 cm³/mol. The molecule has 3 aromatic carbocycles. The van der Waals surface area contributed by atoms with Crippen LogP contribution in [0.5, 0.6) is 0 Å². The van der Waals surface area contributed by atoms with E-state index in [1.807, 2.05) is 64.1 Å². The van der Waals surface area contributed by atoms with Gasteiger partial charge in [0, 0.05) is 30.4 Å².